The molecule has 0 saturated heterocycles. The van der Waals surface area contributed by atoms with Crippen molar-refractivity contribution in [3.63, 3.8) is 0 Å². The Balaban J connectivity index is 0.000001000. The van der Waals surface area contributed by atoms with Gasteiger partial charge in [0.05, 0.1) is 0 Å². The molecule has 0 radical (unpaired) electrons. The first-order valence-corrected chi connectivity index (χ1v) is 3.57. The number of rotatable bonds is 0. The van der Waals surface area contributed by atoms with Crippen molar-refractivity contribution < 1.29 is 29.6 Å². The molecule has 0 atom stereocenters. The minimum atomic E-state index is 0. The van der Waals surface area contributed by atoms with E-state index in [9.17, 15) is 0 Å². The summed E-state index contributed by atoms with van der Waals surface area (Å²) in [6.07, 6.45) is 0. The zero-order valence-corrected chi connectivity index (χ0v) is 9.81. The molecule has 0 aliphatic heterocycles. The van der Waals surface area contributed by atoms with Crippen LogP contribution >= 0.6 is 0 Å². The zero-order chi connectivity index (χ0) is 7.61. The summed E-state index contributed by atoms with van der Waals surface area (Å²) >= 11 is 0. The number of hydrogen-bond acceptors (Lipinski definition) is 0. The van der Waals surface area contributed by atoms with Crippen LogP contribution in [0.2, 0.25) is 0 Å². The topological polar surface area (TPSA) is 0 Å². The van der Waals surface area contributed by atoms with Crippen LogP contribution in [0.25, 0.3) is 0 Å². The molecule has 0 N–H and O–H groups in total. The van der Waals surface area contributed by atoms with Crippen LogP contribution in [0.5, 0.6) is 0 Å². The van der Waals surface area contributed by atoms with Gasteiger partial charge >= 0.3 is 29.6 Å². The number of hydrogen-bond donors (Lipinski definition) is 0. The molecule has 0 unspecified atom stereocenters. The van der Waals surface area contributed by atoms with Gasteiger partial charge in [-0.05, 0) is 0 Å². The predicted octanol–water partition coefficient (Wildman–Crippen LogP) is -0.212. The molecule has 1 heteroatoms. The molecule has 0 saturated carbocycles. The van der Waals surface area contributed by atoms with Gasteiger partial charge in [0.25, 0.3) is 0 Å². The van der Waals surface area contributed by atoms with E-state index in [1.165, 1.54) is 5.56 Å². The van der Waals surface area contributed by atoms with Crippen molar-refractivity contribution in [2.45, 2.75) is 26.2 Å². The van der Waals surface area contributed by atoms with Crippen LogP contribution in [0, 0.1) is 6.07 Å². The summed E-state index contributed by atoms with van der Waals surface area (Å²) in [4.78, 5) is 0. The maximum Gasteiger partial charge on any atom is 1.00 e. The van der Waals surface area contributed by atoms with E-state index in [4.69, 9.17) is 0 Å². The van der Waals surface area contributed by atoms with Crippen LogP contribution in [-0.4, -0.2) is 0 Å². The molecule has 0 amide bonds. The molecule has 0 aliphatic rings. The Labute approximate surface area is 91.3 Å². The van der Waals surface area contributed by atoms with Crippen molar-refractivity contribution in [2.75, 3.05) is 0 Å². The summed E-state index contributed by atoms with van der Waals surface area (Å²) in [7, 11) is 0. The Hall–Kier alpha value is 0.220. The summed E-state index contributed by atoms with van der Waals surface area (Å²) in [5, 5.41) is 0. The Morgan fingerprint density at radius 3 is 2.18 bits per heavy atom. The largest absolute Gasteiger partial charge is 1.00 e. The quantitative estimate of drug-likeness (QED) is 0.360. The van der Waals surface area contributed by atoms with Crippen molar-refractivity contribution in [2.24, 2.45) is 0 Å². The third kappa shape index (κ3) is 3.42. The Bertz CT molecular complexity index is 196. The molecule has 0 fully saturated rings. The molecule has 0 heterocycles. The van der Waals surface area contributed by atoms with E-state index >= 15 is 0 Å². The van der Waals surface area contributed by atoms with Gasteiger partial charge in [0.2, 0.25) is 0 Å². The van der Waals surface area contributed by atoms with Crippen molar-refractivity contribution in [3.05, 3.63) is 35.9 Å². The summed E-state index contributed by atoms with van der Waals surface area (Å²) in [5.41, 5.74) is 1.60. The molecule has 1 aromatic carbocycles. The third-order valence-corrected chi connectivity index (χ3v) is 1.57. The molecule has 0 aliphatic carbocycles. The first-order chi connectivity index (χ1) is 4.61. The first kappa shape index (κ1) is 11.2. The maximum atomic E-state index is 3.07. The van der Waals surface area contributed by atoms with Crippen LogP contribution in [0.1, 0.15) is 26.3 Å². The van der Waals surface area contributed by atoms with Gasteiger partial charge in [-0.15, -0.1) is 0 Å². The van der Waals surface area contributed by atoms with Crippen molar-refractivity contribution in [1.82, 2.24) is 0 Å². The normalized spacial score (nSPS) is 10.5. The summed E-state index contributed by atoms with van der Waals surface area (Å²) in [6.45, 7) is 6.61. The Kier molecular flexibility index (Phi) is 4.38. The van der Waals surface area contributed by atoms with Crippen LogP contribution in [0.4, 0.5) is 0 Å². The third-order valence-electron chi connectivity index (χ3n) is 1.57. The van der Waals surface area contributed by atoms with Gasteiger partial charge in [-0.1, -0.05) is 26.2 Å². The van der Waals surface area contributed by atoms with Gasteiger partial charge < -0.3 is 0 Å². The van der Waals surface area contributed by atoms with Crippen LogP contribution in [0.15, 0.2) is 24.3 Å². The van der Waals surface area contributed by atoms with Crippen molar-refractivity contribution in [1.29, 1.82) is 0 Å². The minimum Gasteiger partial charge on any atom is -0.184 e. The molecule has 1 aromatic rings. The van der Waals surface area contributed by atoms with Gasteiger partial charge in [-0.3, -0.25) is 0 Å². The molecule has 0 bridgehead atoms. The smallest absolute Gasteiger partial charge is 0.184 e. The van der Waals surface area contributed by atoms with Crippen LogP contribution in [-0.2, 0) is 5.41 Å². The van der Waals surface area contributed by atoms with Gasteiger partial charge in [-0.2, -0.15) is 35.9 Å². The molecule has 0 spiro atoms. The SMILES string of the molecule is CC(C)(C)c1c[c-]ccc1.[Na+]. The fraction of sp³-hybridized carbons (Fsp3) is 0.400. The van der Waals surface area contributed by atoms with Gasteiger partial charge in [0.15, 0.2) is 0 Å². The molecule has 11 heavy (non-hydrogen) atoms. The fourth-order valence-corrected chi connectivity index (χ4v) is 0.860. The molecule has 0 nitrogen and oxygen atoms in total. The summed E-state index contributed by atoms with van der Waals surface area (Å²) in [5.74, 6) is 0. The van der Waals surface area contributed by atoms with E-state index in [1.54, 1.807) is 0 Å². The zero-order valence-electron chi connectivity index (χ0n) is 7.81. The average molecular weight is 156 g/mol. The molecular weight excluding hydrogens is 143 g/mol. The molecule has 0 aromatic heterocycles. The summed E-state index contributed by atoms with van der Waals surface area (Å²) < 4.78 is 0. The molecule has 1 rings (SSSR count). The molecule has 54 valence electrons. The van der Waals surface area contributed by atoms with Crippen molar-refractivity contribution in [3.8, 4) is 0 Å². The summed E-state index contributed by atoms with van der Waals surface area (Å²) in [6, 6.07) is 11.2. The van der Waals surface area contributed by atoms with Crippen molar-refractivity contribution >= 4 is 0 Å². The Morgan fingerprint density at radius 1 is 1.27 bits per heavy atom. The second-order valence-corrected chi connectivity index (χ2v) is 3.54. The van der Waals surface area contributed by atoms with Crippen LogP contribution in [0.3, 0.4) is 0 Å². The molecular formula is C10H13Na. The minimum absolute atomic E-state index is 0. The van der Waals surface area contributed by atoms with Crippen LogP contribution < -0.4 is 29.6 Å². The van der Waals surface area contributed by atoms with E-state index in [0.29, 0.717) is 0 Å². The first-order valence-electron chi connectivity index (χ1n) is 3.57. The van der Waals surface area contributed by atoms with E-state index in [-0.39, 0.29) is 35.0 Å². The van der Waals surface area contributed by atoms with E-state index in [2.05, 4.69) is 32.9 Å². The average Bonchev–Trinajstić information content (AvgIpc) is 1.88. The Morgan fingerprint density at radius 2 is 1.91 bits per heavy atom. The second kappa shape index (κ2) is 4.30. The van der Waals surface area contributed by atoms with E-state index < -0.39 is 0 Å². The van der Waals surface area contributed by atoms with Gasteiger partial charge in [0, 0.05) is 0 Å². The van der Waals surface area contributed by atoms with Gasteiger partial charge in [0.1, 0.15) is 0 Å². The standard InChI is InChI=1S/C10H13.Na/c1-10(2,3)9-7-5-4-6-8-9;/h4-5,7-8H,1-3H3;/q-1;+1. The van der Waals surface area contributed by atoms with E-state index in [1.807, 2.05) is 18.2 Å². The monoisotopic (exact) mass is 156 g/mol. The number of benzene rings is 1. The second-order valence-electron chi connectivity index (χ2n) is 3.54. The fourth-order valence-electron chi connectivity index (χ4n) is 0.860. The van der Waals surface area contributed by atoms with Gasteiger partial charge in [-0.25, -0.2) is 0 Å². The van der Waals surface area contributed by atoms with E-state index in [0.717, 1.165) is 0 Å². The maximum absolute atomic E-state index is 3.07. The predicted molar refractivity (Wildman–Crippen MR) is 44.0 cm³/mol.